The molecule has 0 amide bonds. The van der Waals surface area contributed by atoms with Gasteiger partial charge in [0.1, 0.15) is 25.8 Å². The molecule has 0 unspecified atom stereocenters. The zero-order valence-electron chi connectivity index (χ0n) is 18.4. The highest BCUT2D eigenvalue weighted by Crippen LogP contribution is 2.08. The van der Waals surface area contributed by atoms with Crippen LogP contribution in [0.25, 0.3) is 0 Å². The zero-order chi connectivity index (χ0) is 22.0. The second-order valence-corrected chi connectivity index (χ2v) is 6.94. The SMILES string of the molecule is COCOC[C@@H](COCc1ccccc1)O[C@@H](COCOC)COCc1ccccc1. The molecule has 7 nitrogen and oxygen atoms in total. The van der Waals surface area contributed by atoms with Gasteiger partial charge in [-0.3, -0.25) is 0 Å². The highest BCUT2D eigenvalue weighted by molar-refractivity contribution is 5.14. The molecule has 0 spiro atoms. The van der Waals surface area contributed by atoms with Gasteiger partial charge in [0.05, 0.1) is 39.6 Å². The van der Waals surface area contributed by atoms with E-state index in [4.69, 9.17) is 33.2 Å². The summed E-state index contributed by atoms with van der Waals surface area (Å²) in [6.07, 6.45) is -0.592. The second kappa shape index (κ2) is 16.8. The number of ether oxygens (including phenoxy) is 7. The third-order valence-corrected chi connectivity index (χ3v) is 4.23. The van der Waals surface area contributed by atoms with E-state index in [0.717, 1.165) is 11.1 Å². The van der Waals surface area contributed by atoms with E-state index in [1.807, 2.05) is 60.7 Å². The summed E-state index contributed by atoms with van der Waals surface area (Å²) in [5.41, 5.74) is 2.20. The standard InChI is InChI=1S/C24H34O7/c1-25-19-29-17-23(15-27-13-21-9-5-3-6-10-21)31-24(18-30-20-26-2)16-28-14-22-11-7-4-8-12-22/h3-12,23-24H,13-20H2,1-2H3/t23-,24-/m1/s1. The Kier molecular flexibility index (Phi) is 13.8. The Morgan fingerprint density at radius 2 is 0.935 bits per heavy atom. The average molecular weight is 435 g/mol. The number of hydrogen-bond donors (Lipinski definition) is 0. The fourth-order valence-electron chi connectivity index (χ4n) is 2.82. The first-order chi connectivity index (χ1) is 15.3. The molecule has 0 aliphatic carbocycles. The summed E-state index contributed by atoms with van der Waals surface area (Å²) in [4.78, 5) is 0. The van der Waals surface area contributed by atoms with E-state index in [2.05, 4.69) is 0 Å². The van der Waals surface area contributed by atoms with Gasteiger partial charge in [0, 0.05) is 14.2 Å². The van der Waals surface area contributed by atoms with Gasteiger partial charge in [-0.2, -0.15) is 0 Å². The van der Waals surface area contributed by atoms with Gasteiger partial charge in [0.15, 0.2) is 0 Å². The molecule has 0 bridgehead atoms. The average Bonchev–Trinajstić information content (AvgIpc) is 2.80. The van der Waals surface area contributed by atoms with Gasteiger partial charge in [0.2, 0.25) is 0 Å². The smallest absolute Gasteiger partial charge is 0.146 e. The van der Waals surface area contributed by atoms with Gasteiger partial charge in [-0.15, -0.1) is 0 Å². The molecular formula is C24H34O7. The van der Waals surface area contributed by atoms with Gasteiger partial charge in [-0.1, -0.05) is 60.7 Å². The van der Waals surface area contributed by atoms with Crippen LogP contribution in [0.1, 0.15) is 11.1 Å². The molecule has 0 saturated carbocycles. The fraction of sp³-hybridized carbons (Fsp3) is 0.500. The zero-order valence-corrected chi connectivity index (χ0v) is 18.4. The quantitative estimate of drug-likeness (QED) is 0.263. The number of benzene rings is 2. The van der Waals surface area contributed by atoms with Crippen molar-refractivity contribution in [2.24, 2.45) is 0 Å². The maximum atomic E-state index is 6.21. The monoisotopic (exact) mass is 434 g/mol. The molecule has 2 aromatic carbocycles. The predicted molar refractivity (Wildman–Crippen MR) is 117 cm³/mol. The lowest BCUT2D eigenvalue weighted by Crippen LogP contribution is -2.36. The van der Waals surface area contributed by atoms with E-state index >= 15 is 0 Å². The van der Waals surface area contributed by atoms with Gasteiger partial charge < -0.3 is 33.2 Å². The molecule has 0 aliphatic heterocycles. The van der Waals surface area contributed by atoms with Gasteiger partial charge in [0.25, 0.3) is 0 Å². The first-order valence-corrected chi connectivity index (χ1v) is 10.3. The number of rotatable bonds is 18. The lowest BCUT2D eigenvalue weighted by Gasteiger charge is -2.25. The van der Waals surface area contributed by atoms with E-state index < -0.39 is 0 Å². The molecule has 0 saturated heterocycles. The van der Waals surface area contributed by atoms with Crippen molar-refractivity contribution in [1.29, 1.82) is 0 Å². The van der Waals surface area contributed by atoms with Crippen molar-refractivity contribution >= 4 is 0 Å². The van der Waals surface area contributed by atoms with Crippen LogP contribution in [0, 0.1) is 0 Å². The molecule has 0 heterocycles. The Bertz CT molecular complexity index is 596. The van der Waals surface area contributed by atoms with Crippen LogP contribution in [0.5, 0.6) is 0 Å². The molecule has 0 N–H and O–H groups in total. The predicted octanol–water partition coefficient (Wildman–Crippen LogP) is 3.41. The topological polar surface area (TPSA) is 64.6 Å². The third kappa shape index (κ3) is 11.9. The minimum absolute atomic E-state index is 0.188. The molecule has 0 radical (unpaired) electrons. The van der Waals surface area contributed by atoms with Crippen LogP contribution in [0.15, 0.2) is 60.7 Å². The third-order valence-electron chi connectivity index (χ3n) is 4.23. The van der Waals surface area contributed by atoms with Crippen LogP contribution >= 0.6 is 0 Å². The van der Waals surface area contributed by atoms with Crippen molar-refractivity contribution in [1.82, 2.24) is 0 Å². The fourth-order valence-corrected chi connectivity index (χ4v) is 2.82. The lowest BCUT2D eigenvalue weighted by molar-refractivity contribution is -0.157. The molecule has 31 heavy (non-hydrogen) atoms. The summed E-state index contributed by atoms with van der Waals surface area (Å²) in [7, 11) is 3.17. The maximum absolute atomic E-state index is 6.21. The van der Waals surface area contributed by atoms with E-state index in [-0.39, 0.29) is 25.8 Å². The van der Waals surface area contributed by atoms with Crippen LogP contribution in [0.3, 0.4) is 0 Å². The van der Waals surface area contributed by atoms with Crippen LogP contribution in [0.2, 0.25) is 0 Å². The highest BCUT2D eigenvalue weighted by atomic mass is 16.7. The number of methoxy groups -OCH3 is 2. The Morgan fingerprint density at radius 3 is 1.32 bits per heavy atom. The van der Waals surface area contributed by atoms with Crippen molar-refractivity contribution in [3.05, 3.63) is 71.8 Å². The largest absolute Gasteiger partial charge is 0.374 e. The van der Waals surface area contributed by atoms with Gasteiger partial charge in [-0.05, 0) is 11.1 Å². The van der Waals surface area contributed by atoms with E-state index in [0.29, 0.717) is 39.6 Å². The molecule has 2 atom stereocenters. The summed E-state index contributed by atoms with van der Waals surface area (Å²) < 4.78 is 38.9. The van der Waals surface area contributed by atoms with Crippen LogP contribution in [-0.2, 0) is 46.4 Å². The van der Waals surface area contributed by atoms with Gasteiger partial charge in [-0.25, -0.2) is 0 Å². The minimum Gasteiger partial charge on any atom is -0.374 e. The van der Waals surface area contributed by atoms with Crippen LogP contribution < -0.4 is 0 Å². The van der Waals surface area contributed by atoms with E-state index in [1.165, 1.54) is 0 Å². The summed E-state index contributed by atoms with van der Waals surface area (Å²) in [5, 5.41) is 0. The summed E-state index contributed by atoms with van der Waals surface area (Å²) in [6, 6.07) is 20.0. The Morgan fingerprint density at radius 1 is 0.548 bits per heavy atom. The summed E-state index contributed by atoms with van der Waals surface area (Å²) in [5.74, 6) is 0. The van der Waals surface area contributed by atoms with Crippen molar-refractivity contribution in [3.8, 4) is 0 Å². The minimum atomic E-state index is -0.296. The molecule has 0 aliphatic rings. The summed E-state index contributed by atoms with van der Waals surface area (Å²) >= 11 is 0. The molecule has 0 aromatic heterocycles. The van der Waals surface area contributed by atoms with Gasteiger partial charge >= 0.3 is 0 Å². The van der Waals surface area contributed by atoms with Crippen molar-refractivity contribution in [2.75, 3.05) is 54.2 Å². The van der Waals surface area contributed by atoms with Crippen LogP contribution in [-0.4, -0.2) is 66.4 Å². The first kappa shape index (κ1) is 25.4. The lowest BCUT2D eigenvalue weighted by atomic mass is 10.2. The Labute approximate surface area is 185 Å². The second-order valence-electron chi connectivity index (χ2n) is 6.94. The first-order valence-electron chi connectivity index (χ1n) is 10.3. The molecule has 2 aromatic rings. The highest BCUT2D eigenvalue weighted by Gasteiger charge is 2.19. The van der Waals surface area contributed by atoms with Crippen molar-refractivity contribution in [2.45, 2.75) is 25.4 Å². The van der Waals surface area contributed by atoms with Crippen molar-refractivity contribution < 1.29 is 33.2 Å². The van der Waals surface area contributed by atoms with E-state index in [1.54, 1.807) is 14.2 Å². The van der Waals surface area contributed by atoms with Crippen LogP contribution in [0.4, 0.5) is 0 Å². The molecule has 7 heteroatoms. The molecule has 0 fully saturated rings. The van der Waals surface area contributed by atoms with E-state index in [9.17, 15) is 0 Å². The Balaban J connectivity index is 1.85. The molecule has 172 valence electrons. The number of hydrogen-bond acceptors (Lipinski definition) is 7. The molecular weight excluding hydrogens is 400 g/mol. The summed E-state index contributed by atoms with van der Waals surface area (Å²) in [6.45, 7) is 2.79. The Hall–Kier alpha value is -1.84. The maximum Gasteiger partial charge on any atom is 0.146 e. The van der Waals surface area contributed by atoms with Crippen molar-refractivity contribution in [3.63, 3.8) is 0 Å². The molecule has 2 rings (SSSR count). The normalized spacial score (nSPS) is 13.2.